The quantitative estimate of drug-likeness (QED) is 0.696. The first kappa shape index (κ1) is 20.8. The summed E-state index contributed by atoms with van der Waals surface area (Å²) < 4.78 is 16.6. The van der Waals surface area contributed by atoms with Crippen LogP contribution < -0.4 is 9.47 Å². The van der Waals surface area contributed by atoms with Crippen LogP contribution in [0.2, 0.25) is 0 Å². The molecule has 2 aliphatic heterocycles. The number of furan rings is 1. The van der Waals surface area contributed by atoms with Crippen LogP contribution in [0.5, 0.6) is 11.5 Å². The fraction of sp³-hybridized carbons (Fsp3) is 0.522. The molecule has 1 amide bonds. The van der Waals surface area contributed by atoms with Gasteiger partial charge >= 0.3 is 0 Å². The van der Waals surface area contributed by atoms with E-state index in [4.69, 9.17) is 13.9 Å². The molecule has 0 radical (unpaired) electrons. The van der Waals surface area contributed by atoms with E-state index in [0.29, 0.717) is 18.8 Å². The van der Waals surface area contributed by atoms with Crippen molar-refractivity contribution < 1.29 is 18.7 Å². The van der Waals surface area contributed by atoms with Crippen LogP contribution in [0.15, 0.2) is 34.7 Å². The molecular weight excluding hydrogens is 382 g/mol. The van der Waals surface area contributed by atoms with Gasteiger partial charge in [0, 0.05) is 44.4 Å². The van der Waals surface area contributed by atoms with Crippen LogP contribution in [-0.4, -0.2) is 74.1 Å². The van der Waals surface area contributed by atoms with E-state index in [1.807, 2.05) is 35.2 Å². The fourth-order valence-electron chi connectivity index (χ4n) is 4.23. The molecule has 0 N–H and O–H groups in total. The molecule has 162 valence electrons. The van der Waals surface area contributed by atoms with Crippen LogP contribution in [0.25, 0.3) is 0 Å². The maximum absolute atomic E-state index is 12.9. The highest BCUT2D eigenvalue weighted by atomic mass is 16.5. The van der Waals surface area contributed by atoms with Crippen LogP contribution in [0.4, 0.5) is 0 Å². The summed E-state index contributed by atoms with van der Waals surface area (Å²) in [5.41, 5.74) is 1.12. The number of piperazine rings is 1. The van der Waals surface area contributed by atoms with Gasteiger partial charge in [-0.25, -0.2) is 0 Å². The number of ether oxygens (including phenoxy) is 2. The van der Waals surface area contributed by atoms with Gasteiger partial charge in [0.05, 0.1) is 20.8 Å². The van der Waals surface area contributed by atoms with E-state index < -0.39 is 0 Å². The zero-order chi connectivity index (χ0) is 20.9. The first-order chi connectivity index (χ1) is 14.7. The Bertz CT molecular complexity index is 852. The summed E-state index contributed by atoms with van der Waals surface area (Å²) in [5, 5.41) is 0. The van der Waals surface area contributed by atoms with E-state index in [2.05, 4.69) is 9.80 Å². The number of nitrogens with zero attached hydrogens (tertiary/aromatic N) is 3. The molecule has 2 aromatic rings. The van der Waals surface area contributed by atoms with Crippen LogP contribution in [0.1, 0.15) is 34.7 Å². The second-order valence-corrected chi connectivity index (χ2v) is 8.00. The molecule has 7 heteroatoms. The smallest absolute Gasteiger partial charge is 0.289 e. The highest BCUT2D eigenvalue weighted by molar-refractivity contribution is 5.91. The minimum atomic E-state index is -0.00986. The van der Waals surface area contributed by atoms with E-state index in [1.54, 1.807) is 14.2 Å². The third-order valence-corrected chi connectivity index (χ3v) is 6.00. The highest BCUT2D eigenvalue weighted by Gasteiger charge is 2.25. The topological polar surface area (TPSA) is 58.4 Å². The van der Waals surface area contributed by atoms with Crippen LogP contribution in [-0.2, 0) is 13.1 Å². The zero-order valence-electron chi connectivity index (χ0n) is 17.9. The molecule has 0 atom stereocenters. The van der Waals surface area contributed by atoms with E-state index >= 15 is 0 Å². The van der Waals surface area contributed by atoms with Crippen molar-refractivity contribution in [3.05, 3.63) is 47.4 Å². The van der Waals surface area contributed by atoms with E-state index in [-0.39, 0.29) is 5.91 Å². The van der Waals surface area contributed by atoms with E-state index in [0.717, 1.165) is 62.1 Å². The Morgan fingerprint density at radius 2 is 1.63 bits per heavy atom. The predicted molar refractivity (Wildman–Crippen MR) is 114 cm³/mol. The van der Waals surface area contributed by atoms with Crippen molar-refractivity contribution in [2.24, 2.45) is 0 Å². The molecule has 1 aromatic carbocycles. The molecule has 2 fully saturated rings. The van der Waals surface area contributed by atoms with Gasteiger partial charge in [-0.2, -0.15) is 0 Å². The number of hydrogen-bond acceptors (Lipinski definition) is 6. The zero-order valence-corrected chi connectivity index (χ0v) is 17.9. The largest absolute Gasteiger partial charge is 0.497 e. The molecule has 2 aliphatic rings. The minimum Gasteiger partial charge on any atom is -0.497 e. The second-order valence-electron chi connectivity index (χ2n) is 8.00. The summed E-state index contributed by atoms with van der Waals surface area (Å²) in [4.78, 5) is 19.5. The summed E-state index contributed by atoms with van der Waals surface area (Å²) in [6.45, 7) is 6.85. The summed E-state index contributed by atoms with van der Waals surface area (Å²) in [7, 11) is 3.33. The lowest BCUT2D eigenvalue weighted by Gasteiger charge is -2.34. The van der Waals surface area contributed by atoms with Crippen LogP contribution in [0.3, 0.4) is 0 Å². The molecule has 0 saturated carbocycles. The van der Waals surface area contributed by atoms with Gasteiger partial charge in [-0.3, -0.25) is 14.6 Å². The number of methoxy groups -OCH3 is 2. The highest BCUT2D eigenvalue weighted by Crippen LogP contribution is 2.26. The van der Waals surface area contributed by atoms with Gasteiger partial charge < -0.3 is 18.8 Å². The number of rotatable bonds is 7. The summed E-state index contributed by atoms with van der Waals surface area (Å²) >= 11 is 0. The first-order valence-corrected chi connectivity index (χ1v) is 10.7. The van der Waals surface area contributed by atoms with Crippen LogP contribution in [0, 0.1) is 0 Å². The normalized spacial score (nSPS) is 18.0. The first-order valence-electron chi connectivity index (χ1n) is 10.7. The van der Waals surface area contributed by atoms with Gasteiger partial charge in [0.25, 0.3) is 5.91 Å². The molecule has 0 spiro atoms. The Morgan fingerprint density at radius 3 is 2.33 bits per heavy atom. The van der Waals surface area contributed by atoms with Gasteiger partial charge in [0.2, 0.25) is 0 Å². The van der Waals surface area contributed by atoms with Gasteiger partial charge in [-0.15, -0.1) is 0 Å². The summed E-state index contributed by atoms with van der Waals surface area (Å²) in [5.74, 6) is 2.94. The Labute approximate surface area is 178 Å². The van der Waals surface area contributed by atoms with Crippen molar-refractivity contribution in [3.8, 4) is 11.5 Å². The molecule has 1 aromatic heterocycles. The molecular formula is C23H31N3O4. The Morgan fingerprint density at radius 1 is 0.900 bits per heavy atom. The molecule has 3 heterocycles. The standard InChI is InChI=1S/C23H31N3O4/c1-28-19-6-5-18(22(15-19)29-2)16-25-11-13-26(14-12-25)23(27)21-8-7-20(30-21)17-24-9-3-4-10-24/h5-8,15H,3-4,9-14,16-17H2,1-2H3. The summed E-state index contributed by atoms with van der Waals surface area (Å²) in [6.07, 6.45) is 2.50. The molecule has 2 saturated heterocycles. The summed E-state index contributed by atoms with van der Waals surface area (Å²) in [6, 6.07) is 9.67. The Hall–Kier alpha value is -2.51. The van der Waals surface area contributed by atoms with E-state index in [1.165, 1.54) is 12.8 Å². The van der Waals surface area contributed by atoms with Gasteiger partial charge in [0.1, 0.15) is 17.3 Å². The third kappa shape index (κ3) is 4.79. The monoisotopic (exact) mass is 413 g/mol. The van der Waals surface area contributed by atoms with Crippen molar-refractivity contribution in [1.82, 2.24) is 14.7 Å². The maximum atomic E-state index is 12.9. The molecule has 7 nitrogen and oxygen atoms in total. The Balaban J connectivity index is 1.30. The van der Waals surface area contributed by atoms with Crippen LogP contribution >= 0.6 is 0 Å². The van der Waals surface area contributed by atoms with Crippen molar-refractivity contribution in [3.63, 3.8) is 0 Å². The van der Waals surface area contributed by atoms with Gasteiger partial charge in [-0.1, -0.05) is 6.07 Å². The van der Waals surface area contributed by atoms with Crippen molar-refractivity contribution in [1.29, 1.82) is 0 Å². The Kier molecular flexibility index (Phi) is 6.59. The SMILES string of the molecule is COc1ccc(CN2CCN(C(=O)c3ccc(CN4CCCC4)o3)CC2)c(OC)c1. The minimum absolute atomic E-state index is 0.00986. The van der Waals surface area contributed by atoms with E-state index in [9.17, 15) is 4.79 Å². The van der Waals surface area contributed by atoms with Crippen molar-refractivity contribution in [2.75, 3.05) is 53.5 Å². The van der Waals surface area contributed by atoms with Crippen molar-refractivity contribution in [2.45, 2.75) is 25.9 Å². The number of hydrogen-bond donors (Lipinski definition) is 0. The van der Waals surface area contributed by atoms with Gasteiger partial charge in [0.15, 0.2) is 5.76 Å². The number of benzene rings is 1. The molecule has 4 rings (SSSR count). The lowest BCUT2D eigenvalue weighted by molar-refractivity contribution is 0.0593. The molecule has 0 aliphatic carbocycles. The predicted octanol–water partition coefficient (Wildman–Crippen LogP) is 2.85. The maximum Gasteiger partial charge on any atom is 0.289 e. The number of carbonyl (C=O) groups excluding carboxylic acids is 1. The lowest BCUT2D eigenvalue weighted by atomic mass is 10.1. The fourth-order valence-corrected chi connectivity index (χ4v) is 4.23. The average Bonchev–Trinajstić information content (AvgIpc) is 3.47. The van der Waals surface area contributed by atoms with Gasteiger partial charge in [-0.05, 0) is 44.1 Å². The number of carbonyl (C=O) groups is 1. The second kappa shape index (κ2) is 9.53. The number of likely N-dealkylation sites (tertiary alicyclic amines) is 1. The third-order valence-electron chi connectivity index (χ3n) is 6.00. The average molecular weight is 414 g/mol. The number of amides is 1. The molecule has 0 unspecified atom stereocenters. The van der Waals surface area contributed by atoms with Crippen molar-refractivity contribution >= 4 is 5.91 Å². The molecule has 0 bridgehead atoms. The lowest BCUT2D eigenvalue weighted by Crippen LogP contribution is -2.48. The molecule has 30 heavy (non-hydrogen) atoms.